The molecule has 3 heterocycles. The Morgan fingerprint density at radius 2 is 2.14 bits per heavy atom. The highest BCUT2D eigenvalue weighted by atomic mass is 32.1. The smallest absolute Gasteiger partial charge is 0.272 e. The Bertz CT molecular complexity index is 967. The molecule has 1 fully saturated rings. The molecule has 1 amide bonds. The summed E-state index contributed by atoms with van der Waals surface area (Å²) in [7, 11) is 0. The molecule has 1 aliphatic carbocycles. The zero-order valence-corrected chi connectivity index (χ0v) is 15.9. The van der Waals surface area contributed by atoms with Gasteiger partial charge < -0.3 is 10.1 Å². The molecule has 0 bridgehead atoms. The normalized spacial score (nSPS) is 19.0. The number of nitrogens with zero attached hydrogens (tertiary/aromatic N) is 3. The van der Waals surface area contributed by atoms with Crippen LogP contribution in [0.25, 0.3) is 10.6 Å². The summed E-state index contributed by atoms with van der Waals surface area (Å²) in [5, 5.41) is 20.9. The van der Waals surface area contributed by atoms with E-state index in [1.165, 1.54) is 6.20 Å². The molecular formula is C20H19N5O2S. The number of carbonyl (C=O) groups excluding carboxylic acids is 1. The van der Waals surface area contributed by atoms with Crippen LogP contribution in [0.1, 0.15) is 41.7 Å². The first kappa shape index (κ1) is 18.2. The standard InChI is InChI=1S/C20H19N5O2S/c21-11-13-3-8-19(22-12-13)27-15-6-4-14(5-7-15)23-20(26)17-10-16(24-25-17)18-2-1-9-28-18/h1-3,8-10,12,14-15H,4-7H2,(H,23,26)(H,24,25). The van der Waals surface area contributed by atoms with Crippen LogP contribution in [0.2, 0.25) is 0 Å². The van der Waals surface area contributed by atoms with Gasteiger partial charge in [-0.1, -0.05) is 6.07 Å². The van der Waals surface area contributed by atoms with Gasteiger partial charge in [-0.3, -0.25) is 9.89 Å². The van der Waals surface area contributed by atoms with E-state index in [0.717, 1.165) is 36.3 Å². The Balaban J connectivity index is 1.27. The molecule has 0 atom stereocenters. The largest absolute Gasteiger partial charge is 0.474 e. The minimum absolute atomic E-state index is 0.0735. The van der Waals surface area contributed by atoms with Gasteiger partial charge >= 0.3 is 0 Å². The van der Waals surface area contributed by atoms with E-state index < -0.39 is 0 Å². The van der Waals surface area contributed by atoms with Crippen LogP contribution in [0.5, 0.6) is 5.88 Å². The number of aromatic nitrogens is 3. The molecule has 2 N–H and O–H groups in total. The maximum atomic E-state index is 12.5. The maximum absolute atomic E-state index is 12.5. The van der Waals surface area contributed by atoms with Crippen molar-refractivity contribution in [2.24, 2.45) is 0 Å². The molecule has 0 spiro atoms. The number of H-pyrrole nitrogens is 1. The van der Waals surface area contributed by atoms with Crippen molar-refractivity contribution in [3.63, 3.8) is 0 Å². The number of hydrogen-bond donors (Lipinski definition) is 2. The Morgan fingerprint density at radius 3 is 2.82 bits per heavy atom. The first-order valence-corrected chi connectivity index (χ1v) is 10.0. The van der Waals surface area contributed by atoms with Crippen LogP contribution in [0.3, 0.4) is 0 Å². The zero-order chi connectivity index (χ0) is 19.3. The van der Waals surface area contributed by atoms with E-state index in [1.807, 2.05) is 23.6 Å². The predicted octanol–water partition coefficient (Wildman–Crippen LogP) is 3.52. The van der Waals surface area contributed by atoms with Crippen molar-refractivity contribution in [2.75, 3.05) is 0 Å². The molecule has 1 saturated carbocycles. The first-order valence-electron chi connectivity index (χ1n) is 9.14. The average molecular weight is 393 g/mol. The summed E-state index contributed by atoms with van der Waals surface area (Å²) in [6.45, 7) is 0. The Hall–Kier alpha value is -3.18. The second kappa shape index (κ2) is 8.23. The van der Waals surface area contributed by atoms with Crippen LogP contribution in [-0.2, 0) is 0 Å². The summed E-state index contributed by atoms with van der Waals surface area (Å²) < 4.78 is 5.89. The first-order chi connectivity index (χ1) is 13.7. The quantitative estimate of drug-likeness (QED) is 0.690. The molecule has 28 heavy (non-hydrogen) atoms. The van der Waals surface area contributed by atoms with E-state index in [-0.39, 0.29) is 18.1 Å². The number of carbonyl (C=O) groups is 1. The number of amides is 1. The Kier molecular flexibility index (Phi) is 5.35. The van der Waals surface area contributed by atoms with Crippen LogP contribution >= 0.6 is 11.3 Å². The SMILES string of the molecule is N#Cc1ccc(OC2CCC(NC(=O)c3cc(-c4cccs4)[nH]n3)CC2)nc1. The molecule has 4 rings (SSSR count). The van der Waals surface area contributed by atoms with Crippen LogP contribution in [0.15, 0.2) is 41.9 Å². The van der Waals surface area contributed by atoms with E-state index in [9.17, 15) is 4.79 Å². The molecule has 0 saturated heterocycles. The molecule has 3 aromatic rings. The van der Waals surface area contributed by atoms with E-state index >= 15 is 0 Å². The molecular weight excluding hydrogens is 374 g/mol. The Morgan fingerprint density at radius 1 is 1.29 bits per heavy atom. The van der Waals surface area contributed by atoms with Crippen LogP contribution in [0, 0.1) is 11.3 Å². The second-order valence-electron chi connectivity index (χ2n) is 6.71. The molecule has 0 radical (unpaired) electrons. The number of ether oxygens (including phenoxy) is 1. The summed E-state index contributed by atoms with van der Waals surface area (Å²) in [5.41, 5.74) is 1.77. The van der Waals surface area contributed by atoms with Gasteiger partial charge in [-0.25, -0.2) is 4.98 Å². The molecule has 8 heteroatoms. The summed E-state index contributed by atoms with van der Waals surface area (Å²) in [6, 6.07) is 11.3. The third kappa shape index (κ3) is 4.21. The topological polar surface area (TPSA) is 104 Å². The van der Waals surface area contributed by atoms with Crippen LogP contribution < -0.4 is 10.1 Å². The van der Waals surface area contributed by atoms with Gasteiger partial charge in [-0.05, 0) is 49.3 Å². The molecule has 142 valence electrons. The number of thiophene rings is 1. The lowest BCUT2D eigenvalue weighted by Crippen LogP contribution is -2.39. The van der Waals surface area contributed by atoms with Gasteiger partial charge in [0.15, 0.2) is 5.69 Å². The van der Waals surface area contributed by atoms with Gasteiger partial charge in [0.05, 0.1) is 16.1 Å². The van der Waals surface area contributed by atoms with Crippen LogP contribution in [0.4, 0.5) is 0 Å². The minimum atomic E-state index is -0.155. The monoisotopic (exact) mass is 393 g/mol. The minimum Gasteiger partial charge on any atom is -0.474 e. The van der Waals surface area contributed by atoms with Gasteiger partial charge in [-0.15, -0.1) is 11.3 Å². The van der Waals surface area contributed by atoms with E-state index in [0.29, 0.717) is 17.1 Å². The van der Waals surface area contributed by atoms with Crippen LogP contribution in [-0.4, -0.2) is 33.2 Å². The number of aromatic amines is 1. The van der Waals surface area contributed by atoms with Crippen molar-refractivity contribution in [2.45, 2.75) is 37.8 Å². The fourth-order valence-electron chi connectivity index (χ4n) is 3.27. The number of hydrogen-bond acceptors (Lipinski definition) is 6. The number of pyridine rings is 1. The van der Waals surface area contributed by atoms with Crippen molar-refractivity contribution in [3.8, 4) is 22.5 Å². The number of nitrogens with one attached hydrogen (secondary N) is 2. The van der Waals surface area contributed by atoms with Gasteiger partial charge in [0.25, 0.3) is 5.91 Å². The molecule has 3 aromatic heterocycles. The van der Waals surface area contributed by atoms with Gasteiger partial charge in [0, 0.05) is 18.3 Å². The van der Waals surface area contributed by atoms with E-state index in [1.54, 1.807) is 29.5 Å². The lowest BCUT2D eigenvalue weighted by molar-refractivity contribution is 0.0885. The van der Waals surface area contributed by atoms with E-state index in [4.69, 9.17) is 10.00 Å². The Labute approximate surface area is 166 Å². The molecule has 1 aliphatic rings. The fourth-order valence-corrected chi connectivity index (χ4v) is 3.96. The lowest BCUT2D eigenvalue weighted by atomic mass is 9.93. The summed E-state index contributed by atoms with van der Waals surface area (Å²) >= 11 is 1.60. The number of nitriles is 1. The highest BCUT2D eigenvalue weighted by molar-refractivity contribution is 7.13. The van der Waals surface area contributed by atoms with Gasteiger partial charge in [-0.2, -0.15) is 10.4 Å². The zero-order valence-electron chi connectivity index (χ0n) is 15.1. The highest BCUT2D eigenvalue weighted by Gasteiger charge is 2.25. The molecule has 7 nitrogen and oxygen atoms in total. The third-order valence-corrected chi connectivity index (χ3v) is 5.66. The highest BCUT2D eigenvalue weighted by Crippen LogP contribution is 2.25. The predicted molar refractivity (Wildman–Crippen MR) is 105 cm³/mol. The maximum Gasteiger partial charge on any atom is 0.272 e. The van der Waals surface area contributed by atoms with Crippen molar-refractivity contribution < 1.29 is 9.53 Å². The van der Waals surface area contributed by atoms with Crippen molar-refractivity contribution in [1.82, 2.24) is 20.5 Å². The fraction of sp³-hybridized carbons (Fsp3) is 0.300. The summed E-state index contributed by atoms with van der Waals surface area (Å²) in [5.74, 6) is 0.376. The van der Waals surface area contributed by atoms with Crippen molar-refractivity contribution in [1.29, 1.82) is 5.26 Å². The van der Waals surface area contributed by atoms with Crippen molar-refractivity contribution >= 4 is 17.2 Å². The summed E-state index contributed by atoms with van der Waals surface area (Å²) in [6.07, 6.45) is 4.95. The van der Waals surface area contributed by atoms with E-state index in [2.05, 4.69) is 20.5 Å². The molecule has 0 unspecified atom stereocenters. The van der Waals surface area contributed by atoms with Gasteiger partial charge in [0.1, 0.15) is 12.2 Å². The summed E-state index contributed by atoms with van der Waals surface area (Å²) in [4.78, 5) is 17.7. The average Bonchev–Trinajstić information content (AvgIpc) is 3.42. The molecule has 0 aromatic carbocycles. The lowest BCUT2D eigenvalue weighted by Gasteiger charge is -2.29. The van der Waals surface area contributed by atoms with Gasteiger partial charge in [0.2, 0.25) is 5.88 Å². The molecule has 0 aliphatic heterocycles. The van der Waals surface area contributed by atoms with Crippen molar-refractivity contribution in [3.05, 3.63) is 53.2 Å². The second-order valence-corrected chi connectivity index (χ2v) is 7.65. The third-order valence-electron chi connectivity index (χ3n) is 4.76. The number of rotatable bonds is 5.